The van der Waals surface area contributed by atoms with Crippen LogP contribution in [0.5, 0.6) is 0 Å². The van der Waals surface area contributed by atoms with Crippen LogP contribution in [0.1, 0.15) is 162 Å². The molecule has 29 nitrogen and oxygen atoms in total. The Kier molecular flexibility index (Phi) is 27.4. The number of fused-ring (bicyclic) bond motifs is 5. The van der Waals surface area contributed by atoms with Crippen molar-refractivity contribution in [1.82, 2.24) is 31.1 Å². The lowest BCUT2D eigenvalue weighted by atomic mass is 9.44. The highest BCUT2D eigenvalue weighted by atomic mass is 16.6. The van der Waals surface area contributed by atoms with Crippen LogP contribution >= 0.6 is 0 Å². The minimum atomic E-state index is -2.53. The van der Waals surface area contributed by atoms with Crippen molar-refractivity contribution < 1.29 is 101 Å². The van der Waals surface area contributed by atoms with E-state index < -0.39 is 167 Å². The van der Waals surface area contributed by atoms with Gasteiger partial charge in [-0.15, -0.1) is 0 Å². The molecule has 0 spiro atoms. The summed E-state index contributed by atoms with van der Waals surface area (Å²) in [6.45, 7) is 18.6. The lowest BCUT2D eigenvalue weighted by molar-refractivity contribution is -0.345. The Bertz CT molecular complexity index is 3710. The zero-order valence-corrected chi connectivity index (χ0v) is 62.4. The SMILES string of the molecule is CC(=O)O[C@@]12CO[C@@H]1C[C@H](OC(=O)N(C)CCN(C)C(=O)OCc1ccc(NC(=O)[C@H](CCCNC(N)=O)NC(=O)[C@@H](NC(=O)CCCC(=O)C(C)C)C(C)C)cc1)[C@@]1(C)C(=O)[C@H](O)C3=C(C)[C@@H](OC(=O)[C@H](O)[C@@H](NC(=O)CC(C)(C)C)c4ccccc4)C[C@@](O)([C@@H](OC(=O)c4ccccc4)[C@H]21)C3(C)C. The van der Waals surface area contributed by atoms with Crippen LogP contribution in [0.25, 0.3) is 0 Å². The number of nitrogens with zero attached hydrogens (tertiary/aromatic N) is 2. The summed E-state index contributed by atoms with van der Waals surface area (Å²) >= 11 is 0. The third-order valence-corrected chi connectivity index (χ3v) is 20.4. The van der Waals surface area contributed by atoms with Crippen LogP contribution in [0.2, 0.25) is 0 Å². The van der Waals surface area contributed by atoms with E-state index in [2.05, 4.69) is 26.6 Å². The van der Waals surface area contributed by atoms with E-state index in [9.17, 15) is 68.1 Å². The fourth-order valence-corrected chi connectivity index (χ4v) is 14.4. The van der Waals surface area contributed by atoms with Gasteiger partial charge in [0.1, 0.15) is 60.6 Å². The Morgan fingerprint density at radius 1 is 0.771 bits per heavy atom. The fourth-order valence-electron chi connectivity index (χ4n) is 14.4. The minimum absolute atomic E-state index is 0.00832. The average molecular weight is 1470 g/mol. The molecule has 1 saturated heterocycles. The van der Waals surface area contributed by atoms with Gasteiger partial charge >= 0.3 is 36.1 Å². The first kappa shape index (κ1) is 83.0. The Morgan fingerprint density at radius 2 is 1.39 bits per heavy atom. The van der Waals surface area contributed by atoms with Crippen LogP contribution in [-0.4, -0.2) is 197 Å². The molecule has 13 atom stereocenters. The lowest BCUT2D eigenvalue weighted by Crippen LogP contribution is -2.82. The number of hydrogen-bond donors (Lipinski definition) is 9. The summed E-state index contributed by atoms with van der Waals surface area (Å²) in [6, 6.07) is 17.9. The Labute approximate surface area is 612 Å². The molecule has 0 unspecified atom stereocenters. The molecule has 7 rings (SSSR count). The van der Waals surface area contributed by atoms with Crippen molar-refractivity contribution in [3.63, 3.8) is 0 Å². The van der Waals surface area contributed by atoms with Crippen molar-refractivity contribution in [2.75, 3.05) is 45.7 Å². The number of urea groups is 1. The molecule has 0 radical (unpaired) electrons. The zero-order valence-electron chi connectivity index (χ0n) is 62.4. The molecule has 10 N–H and O–H groups in total. The van der Waals surface area contributed by atoms with Gasteiger partial charge < -0.3 is 85.9 Å². The van der Waals surface area contributed by atoms with Crippen LogP contribution in [0.4, 0.5) is 20.1 Å². The molecule has 3 aromatic rings. The van der Waals surface area contributed by atoms with Crippen LogP contribution in [-0.2, 0) is 73.4 Å². The largest absolute Gasteiger partial charge is 0.456 e. The van der Waals surface area contributed by atoms with Crippen molar-refractivity contribution in [2.45, 2.75) is 207 Å². The molecule has 3 fully saturated rings. The summed E-state index contributed by atoms with van der Waals surface area (Å²) in [5.74, 6) is -8.62. The first-order chi connectivity index (χ1) is 49.2. The standard InChI is InChI=1S/C76H104N8O21/c1-42(2)51(86)28-21-29-55(87)81-58(43(3)4)66(93)80-50(27-22-34-78-69(77)96)65(92)79-49-32-30-46(31-33-49)40-100-70(97)83(13)35-36-84(14)71(98)103-53-37-54-75(41-101-54,105-45(6)85)62-64(104-67(94)48-25-19-16-20-26-48)76(99)38-52(44(5)57(73(76,10)11)60(89)63(91)74(53,62)12)102-68(95)61(90)59(47-23-17-15-18-24-47)82-56(88)39-72(7,8)9/h15-20,23-26,30-33,42-43,50,52-54,58-62,64,89-90,99H,21-22,27-29,34-41H2,1-14H3,(H,79,92)(H,80,93)(H,81,87)(H,82,88)(H3,77,78,96)/t50-,52-,53-,54+,58-,59-,60+,61+,62-,64-,74+,75-,76+/m0/s1. The Hall–Kier alpha value is -9.32. The molecule has 3 aliphatic carbocycles. The van der Waals surface area contributed by atoms with E-state index in [1.165, 1.54) is 58.8 Å². The van der Waals surface area contributed by atoms with E-state index >= 15 is 4.79 Å². The zero-order chi connectivity index (χ0) is 77.8. The van der Waals surface area contributed by atoms with Gasteiger partial charge in [-0.1, -0.05) is 123 Å². The van der Waals surface area contributed by atoms with Gasteiger partial charge in [0.25, 0.3) is 0 Å². The first-order valence-electron chi connectivity index (χ1n) is 35.5. The number of carbonyl (C=O) groups is 12. The number of nitrogens with one attached hydrogen (secondary N) is 5. The number of aliphatic hydroxyl groups excluding tert-OH is 2. The van der Waals surface area contributed by atoms with Gasteiger partial charge in [0.15, 0.2) is 17.5 Å². The van der Waals surface area contributed by atoms with E-state index in [-0.39, 0.29) is 99.1 Å². The summed E-state index contributed by atoms with van der Waals surface area (Å²) < 4.78 is 37.0. The van der Waals surface area contributed by atoms with Crippen LogP contribution in [0.15, 0.2) is 96.1 Å². The second-order valence-corrected chi connectivity index (χ2v) is 30.4. The van der Waals surface area contributed by atoms with Gasteiger partial charge in [-0.3, -0.25) is 33.6 Å². The van der Waals surface area contributed by atoms with Crippen LogP contribution in [0.3, 0.4) is 0 Å². The number of amides is 8. The molecule has 574 valence electrons. The molecule has 1 heterocycles. The van der Waals surface area contributed by atoms with Gasteiger partial charge in [0.2, 0.25) is 23.6 Å². The number of benzene rings is 3. The highest BCUT2D eigenvalue weighted by Gasteiger charge is 2.79. The summed E-state index contributed by atoms with van der Waals surface area (Å²) in [5, 5.41) is 52.4. The van der Waals surface area contributed by atoms with E-state index in [1.807, 2.05) is 20.8 Å². The van der Waals surface area contributed by atoms with Crippen molar-refractivity contribution in [3.05, 3.63) is 113 Å². The minimum Gasteiger partial charge on any atom is -0.456 e. The second kappa shape index (κ2) is 34.7. The van der Waals surface area contributed by atoms with Gasteiger partial charge in [-0.25, -0.2) is 24.0 Å². The average Bonchev–Trinajstić information content (AvgIpc) is 0.668. The first-order valence-corrected chi connectivity index (χ1v) is 35.5. The molecular weight excluding hydrogens is 1360 g/mol. The third-order valence-electron chi connectivity index (χ3n) is 20.4. The quantitative estimate of drug-likeness (QED) is 0.0159. The van der Waals surface area contributed by atoms with Crippen LogP contribution < -0.4 is 32.3 Å². The number of rotatable bonds is 30. The predicted molar refractivity (Wildman–Crippen MR) is 380 cm³/mol. The van der Waals surface area contributed by atoms with Gasteiger partial charge in [-0.05, 0) is 91.0 Å². The molecule has 0 aromatic heterocycles. The summed E-state index contributed by atoms with van der Waals surface area (Å²) in [4.78, 5) is 167. The smallest absolute Gasteiger partial charge is 0.409 e. The molecule has 2 bridgehead atoms. The highest BCUT2D eigenvalue weighted by Crippen LogP contribution is 2.65. The van der Waals surface area contributed by atoms with E-state index in [0.29, 0.717) is 23.2 Å². The number of anilines is 1. The molecule has 2 saturated carbocycles. The van der Waals surface area contributed by atoms with Crippen molar-refractivity contribution in [2.24, 2.45) is 39.7 Å². The number of carbonyl (C=O) groups excluding carboxylic acids is 12. The molecule has 3 aromatic carbocycles. The number of ether oxygens (including phenoxy) is 6. The van der Waals surface area contributed by atoms with Gasteiger partial charge in [-0.2, -0.15) is 0 Å². The summed E-state index contributed by atoms with van der Waals surface area (Å²) in [6.07, 6.45) is -12.7. The lowest BCUT2D eigenvalue weighted by Gasteiger charge is -2.67. The molecule has 8 amide bonds. The molecular formula is C76H104N8O21. The maximum absolute atomic E-state index is 16.1. The maximum Gasteiger partial charge on any atom is 0.409 e. The number of esters is 3. The van der Waals surface area contributed by atoms with E-state index in [4.69, 9.17) is 34.2 Å². The predicted octanol–water partition coefficient (Wildman–Crippen LogP) is 6.04. The van der Waals surface area contributed by atoms with Gasteiger partial charge in [0.05, 0.1) is 29.5 Å². The highest BCUT2D eigenvalue weighted by molar-refractivity contribution is 5.99. The van der Waals surface area contributed by atoms with Crippen LogP contribution in [0, 0.1) is 34.0 Å². The second-order valence-electron chi connectivity index (χ2n) is 30.4. The number of nitrogens with two attached hydrogens (primary N) is 1. The third kappa shape index (κ3) is 19.6. The topological polar surface area (TPSA) is 414 Å². The number of aliphatic hydroxyl groups is 3. The molecule has 4 aliphatic rings. The molecule has 29 heteroatoms. The normalized spacial score (nSPS) is 24.2. The number of hydrogen-bond acceptors (Lipinski definition) is 21. The number of Topliss-reactive ketones (excluding diaryl/α,β-unsaturated/α-hetero) is 2. The summed E-state index contributed by atoms with van der Waals surface area (Å²) in [5.41, 5.74) is -2.74. The van der Waals surface area contributed by atoms with Crippen molar-refractivity contribution in [3.8, 4) is 0 Å². The molecule has 1 aliphatic heterocycles. The number of ketones is 2. The fraction of sp³-hybridized carbons (Fsp3) is 0.579. The Morgan fingerprint density at radius 3 is 1.96 bits per heavy atom. The van der Waals surface area contributed by atoms with E-state index in [0.717, 1.165) is 11.8 Å². The van der Waals surface area contributed by atoms with E-state index in [1.54, 1.807) is 100 Å². The summed E-state index contributed by atoms with van der Waals surface area (Å²) in [7, 11) is 2.78. The van der Waals surface area contributed by atoms with Crippen molar-refractivity contribution in [1.29, 1.82) is 0 Å². The number of likely N-dealkylation sites (N-methyl/N-ethyl adjacent to an activating group) is 2. The molecule has 105 heavy (non-hydrogen) atoms. The van der Waals surface area contributed by atoms with Gasteiger partial charge in [0, 0.05) is 89.8 Å². The monoisotopic (exact) mass is 1460 g/mol. The number of primary amides is 1. The van der Waals surface area contributed by atoms with Crippen molar-refractivity contribution >= 4 is 77.0 Å². The Balaban J connectivity index is 1.08. The maximum atomic E-state index is 16.1.